The van der Waals surface area contributed by atoms with E-state index in [1.165, 1.54) is 11.0 Å². The third kappa shape index (κ3) is 4.59. The van der Waals surface area contributed by atoms with Crippen LogP contribution in [0.2, 0.25) is 0 Å². The van der Waals surface area contributed by atoms with Crippen molar-refractivity contribution < 1.29 is 8.42 Å². The second-order valence-electron chi connectivity index (χ2n) is 6.07. The van der Waals surface area contributed by atoms with Gasteiger partial charge >= 0.3 is 0 Å². The predicted octanol–water partition coefficient (Wildman–Crippen LogP) is 1.06. The molecule has 0 fully saturated rings. The van der Waals surface area contributed by atoms with Crippen LogP contribution in [-0.2, 0) is 10.0 Å². The largest absolute Gasteiger partial charge is 0.297 e. The highest BCUT2D eigenvalue weighted by Crippen LogP contribution is 2.14. The number of rotatable bonds is 8. The van der Waals surface area contributed by atoms with Crippen LogP contribution in [0.4, 0.5) is 0 Å². The summed E-state index contributed by atoms with van der Waals surface area (Å²) >= 11 is 0. The van der Waals surface area contributed by atoms with Crippen LogP contribution in [-0.4, -0.2) is 58.7 Å². The summed E-state index contributed by atoms with van der Waals surface area (Å²) in [5, 5.41) is 10.9. The Hall–Kier alpha value is -1.84. The lowest BCUT2D eigenvalue weighted by Gasteiger charge is -2.30. The highest BCUT2D eigenvalue weighted by molar-refractivity contribution is 7.89. The molecule has 1 N–H and O–H groups in total. The van der Waals surface area contributed by atoms with Crippen molar-refractivity contribution in [1.82, 2.24) is 29.8 Å². The van der Waals surface area contributed by atoms with Crippen molar-refractivity contribution in [3.05, 3.63) is 30.6 Å². The SMILES string of the molecule is CC(C)N(CCNS(=O)(=O)c1cccc(-n2cnnn2)c1)C(C)C. The number of hydrogen-bond acceptors (Lipinski definition) is 6. The van der Waals surface area contributed by atoms with Crippen LogP contribution in [0.25, 0.3) is 5.69 Å². The standard InChI is InChI=1S/C15H24N6O2S/c1-12(2)20(13(3)4)9-8-17-24(22,23)15-7-5-6-14(10-15)21-11-16-18-19-21/h5-7,10-13,17H,8-9H2,1-4H3. The molecule has 0 atom stereocenters. The van der Waals surface area contributed by atoms with Gasteiger partial charge in [-0.25, -0.2) is 17.8 Å². The fourth-order valence-electron chi connectivity index (χ4n) is 2.58. The minimum atomic E-state index is -3.58. The van der Waals surface area contributed by atoms with Gasteiger partial charge in [-0.1, -0.05) is 6.07 Å². The summed E-state index contributed by atoms with van der Waals surface area (Å²) < 4.78 is 29.0. The molecule has 1 aromatic carbocycles. The number of aromatic nitrogens is 4. The maximum atomic E-state index is 12.5. The molecule has 2 rings (SSSR count). The van der Waals surface area contributed by atoms with E-state index in [9.17, 15) is 8.42 Å². The Bertz CT molecular complexity index is 735. The van der Waals surface area contributed by atoms with Crippen molar-refractivity contribution in [2.24, 2.45) is 0 Å². The maximum absolute atomic E-state index is 12.5. The Kier molecular flexibility index (Phi) is 6.03. The first-order chi connectivity index (χ1) is 11.3. The first kappa shape index (κ1) is 18.5. The van der Waals surface area contributed by atoms with Gasteiger partial charge in [0, 0.05) is 25.2 Å². The molecule has 24 heavy (non-hydrogen) atoms. The van der Waals surface area contributed by atoms with Gasteiger partial charge in [0.25, 0.3) is 0 Å². The first-order valence-corrected chi connectivity index (χ1v) is 9.38. The van der Waals surface area contributed by atoms with Gasteiger partial charge < -0.3 is 0 Å². The zero-order valence-corrected chi connectivity index (χ0v) is 15.2. The molecule has 8 nitrogen and oxygen atoms in total. The van der Waals surface area contributed by atoms with Gasteiger partial charge in [0.1, 0.15) is 6.33 Å². The average Bonchev–Trinajstić information content (AvgIpc) is 3.05. The van der Waals surface area contributed by atoms with Crippen LogP contribution in [0.15, 0.2) is 35.5 Å². The number of benzene rings is 1. The molecule has 0 unspecified atom stereocenters. The van der Waals surface area contributed by atoms with Gasteiger partial charge in [-0.15, -0.1) is 5.10 Å². The van der Waals surface area contributed by atoms with Gasteiger partial charge in [-0.2, -0.15) is 0 Å². The van der Waals surface area contributed by atoms with E-state index in [0.29, 0.717) is 30.9 Å². The van der Waals surface area contributed by atoms with Crippen LogP contribution >= 0.6 is 0 Å². The summed E-state index contributed by atoms with van der Waals surface area (Å²) in [5.74, 6) is 0. The molecular weight excluding hydrogens is 328 g/mol. The Morgan fingerprint density at radius 2 is 1.92 bits per heavy atom. The van der Waals surface area contributed by atoms with Crippen molar-refractivity contribution in [1.29, 1.82) is 0 Å². The number of nitrogens with zero attached hydrogens (tertiary/aromatic N) is 5. The van der Waals surface area contributed by atoms with E-state index < -0.39 is 10.0 Å². The maximum Gasteiger partial charge on any atom is 0.240 e. The summed E-state index contributed by atoms with van der Waals surface area (Å²) in [5.41, 5.74) is 0.592. The van der Waals surface area contributed by atoms with Gasteiger partial charge in [-0.05, 0) is 56.3 Å². The van der Waals surface area contributed by atoms with Crippen molar-refractivity contribution in [2.75, 3.05) is 13.1 Å². The molecular formula is C15H24N6O2S. The summed E-state index contributed by atoms with van der Waals surface area (Å²) in [6.45, 7) is 9.41. The van der Waals surface area contributed by atoms with E-state index in [4.69, 9.17) is 0 Å². The second-order valence-corrected chi connectivity index (χ2v) is 7.84. The van der Waals surface area contributed by atoms with Crippen LogP contribution in [0, 0.1) is 0 Å². The van der Waals surface area contributed by atoms with Crippen molar-refractivity contribution >= 4 is 10.0 Å². The molecule has 0 aliphatic heterocycles. The van der Waals surface area contributed by atoms with Gasteiger partial charge in [-0.3, -0.25) is 4.90 Å². The molecule has 0 saturated carbocycles. The minimum Gasteiger partial charge on any atom is -0.297 e. The van der Waals surface area contributed by atoms with Gasteiger partial charge in [0.2, 0.25) is 10.0 Å². The number of nitrogens with one attached hydrogen (secondary N) is 1. The van der Waals surface area contributed by atoms with E-state index >= 15 is 0 Å². The summed E-state index contributed by atoms with van der Waals surface area (Å²) in [6, 6.07) is 7.23. The molecule has 132 valence electrons. The van der Waals surface area contributed by atoms with Crippen LogP contribution in [0.1, 0.15) is 27.7 Å². The van der Waals surface area contributed by atoms with Crippen molar-refractivity contribution in [3.63, 3.8) is 0 Å². The predicted molar refractivity (Wildman–Crippen MR) is 91.3 cm³/mol. The number of sulfonamides is 1. The second kappa shape index (κ2) is 7.82. The highest BCUT2D eigenvalue weighted by Gasteiger charge is 2.17. The fourth-order valence-corrected chi connectivity index (χ4v) is 3.64. The topological polar surface area (TPSA) is 93.0 Å². The van der Waals surface area contributed by atoms with Crippen molar-refractivity contribution in [3.8, 4) is 5.69 Å². The first-order valence-electron chi connectivity index (χ1n) is 7.90. The van der Waals surface area contributed by atoms with Crippen LogP contribution in [0.5, 0.6) is 0 Å². The monoisotopic (exact) mass is 352 g/mol. The number of hydrogen-bond donors (Lipinski definition) is 1. The molecule has 0 amide bonds. The molecule has 0 radical (unpaired) electrons. The molecule has 2 aromatic rings. The summed E-state index contributed by atoms with van der Waals surface area (Å²) in [4.78, 5) is 2.43. The molecule has 9 heteroatoms. The lowest BCUT2D eigenvalue weighted by Crippen LogP contribution is -2.42. The van der Waals surface area contributed by atoms with E-state index in [1.807, 2.05) is 0 Å². The third-order valence-electron chi connectivity index (χ3n) is 3.73. The molecule has 0 aliphatic rings. The highest BCUT2D eigenvalue weighted by atomic mass is 32.2. The molecule has 0 spiro atoms. The molecule has 1 aromatic heterocycles. The quantitative estimate of drug-likeness (QED) is 0.763. The normalized spacial score (nSPS) is 12.5. The van der Waals surface area contributed by atoms with E-state index in [1.54, 1.807) is 24.3 Å². The van der Waals surface area contributed by atoms with E-state index in [0.717, 1.165) is 0 Å². The lowest BCUT2D eigenvalue weighted by molar-refractivity contribution is 0.179. The van der Waals surface area contributed by atoms with Crippen molar-refractivity contribution in [2.45, 2.75) is 44.7 Å². The fraction of sp³-hybridized carbons (Fsp3) is 0.533. The van der Waals surface area contributed by atoms with Gasteiger partial charge in [0.15, 0.2) is 0 Å². The van der Waals surface area contributed by atoms with Crippen LogP contribution in [0.3, 0.4) is 0 Å². The van der Waals surface area contributed by atoms with Crippen LogP contribution < -0.4 is 4.72 Å². The van der Waals surface area contributed by atoms with E-state index in [-0.39, 0.29) is 4.90 Å². The molecule has 1 heterocycles. The Morgan fingerprint density at radius 3 is 2.50 bits per heavy atom. The Morgan fingerprint density at radius 1 is 1.21 bits per heavy atom. The Balaban J connectivity index is 2.07. The van der Waals surface area contributed by atoms with E-state index in [2.05, 4.69) is 52.8 Å². The number of tetrazole rings is 1. The Labute approximate surface area is 142 Å². The molecule has 0 saturated heterocycles. The molecule has 0 bridgehead atoms. The summed E-state index contributed by atoms with van der Waals surface area (Å²) in [7, 11) is -3.58. The lowest BCUT2D eigenvalue weighted by atomic mass is 10.2. The summed E-state index contributed by atoms with van der Waals surface area (Å²) in [6.07, 6.45) is 1.42. The smallest absolute Gasteiger partial charge is 0.240 e. The zero-order chi connectivity index (χ0) is 17.7. The third-order valence-corrected chi connectivity index (χ3v) is 5.19. The average molecular weight is 352 g/mol. The van der Waals surface area contributed by atoms with Gasteiger partial charge in [0.05, 0.1) is 10.6 Å². The minimum absolute atomic E-state index is 0.191. The molecule has 0 aliphatic carbocycles. The zero-order valence-electron chi connectivity index (χ0n) is 14.4.